The molecule has 116 valence electrons. The molecule has 1 aliphatic rings. The number of carbonyl (C=O) groups excluding carboxylic acids is 1. The Hall–Kier alpha value is -1.68. The fraction of sp³-hybridized carbons (Fsp3) is 0.444. The molecular weight excluding hydrogens is 292 g/mol. The maximum Gasteiger partial charge on any atom is 0.261 e. The second kappa shape index (κ2) is 6.61. The lowest BCUT2D eigenvalue weighted by molar-refractivity contribution is 0.0944. The first-order chi connectivity index (χ1) is 10.7. The molecule has 2 aromatic rings. The fourth-order valence-corrected chi connectivity index (χ4v) is 4.17. The highest BCUT2D eigenvalue weighted by molar-refractivity contribution is 7.14. The van der Waals surface area contributed by atoms with E-state index in [2.05, 4.69) is 23.3 Å². The third-order valence-electron chi connectivity index (χ3n) is 4.54. The third kappa shape index (κ3) is 3.22. The first-order valence-electron chi connectivity index (χ1n) is 7.99. The predicted octanol–water partition coefficient (Wildman–Crippen LogP) is 4.15. The molecule has 0 saturated heterocycles. The summed E-state index contributed by atoms with van der Waals surface area (Å²) < 4.78 is 0. The number of fused-ring (bicyclic) bond motifs is 1. The minimum Gasteiger partial charge on any atom is -0.345 e. The molecule has 0 fully saturated rings. The Bertz CT molecular complexity index is 650. The van der Waals surface area contributed by atoms with Crippen LogP contribution in [0.2, 0.25) is 0 Å². The molecule has 0 unspecified atom stereocenters. The summed E-state index contributed by atoms with van der Waals surface area (Å²) in [7, 11) is 0. The van der Waals surface area contributed by atoms with E-state index in [1.807, 2.05) is 19.1 Å². The van der Waals surface area contributed by atoms with E-state index in [0.29, 0.717) is 0 Å². The minimum atomic E-state index is -0.00183. The van der Waals surface area contributed by atoms with Gasteiger partial charge in [0.05, 0.1) is 10.9 Å². The molecule has 1 N–H and O–H groups in total. The molecule has 2 aromatic heterocycles. The number of pyridine rings is 1. The third-order valence-corrected chi connectivity index (χ3v) is 5.78. The molecule has 2 atom stereocenters. The van der Waals surface area contributed by atoms with Gasteiger partial charge < -0.3 is 5.32 Å². The van der Waals surface area contributed by atoms with Crippen molar-refractivity contribution in [2.24, 2.45) is 5.92 Å². The molecule has 1 amide bonds. The van der Waals surface area contributed by atoms with Gasteiger partial charge >= 0.3 is 0 Å². The van der Waals surface area contributed by atoms with Gasteiger partial charge in [0, 0.05) is 17.3 Å². The minimum absolute atomic E-state index is 0.00183. The van der Waals surface area contributed by atoms with Gasteiger partial charge in [0.25, 0.3) is 5.91 Å². The number of rotatable bonds is 4. The Kier molecular flexibility index (Phi) is 4.57. The predicted molar refractivity (Wildman–Crippen MR) is 90.2 cm³/mol. The summed E-state index contributed by atoms with van der Waals surface area (Å²) in [6, 6.07) is 5.99. The molecule has 2 heterocycles. The Labute approximate surface area is 135 Å². The SMILES string of the molecule is CC[C@@H]1CCc2sc(C(=O)N[C@@H](C)c3ccncc3)cc2C1. The molecule has 22 heavy (non-hydrogen) atoms. The van der Waals surface area contributed by atoms with Gasteiger partial charge in [0.15, 0.2) is 0 Å². The molecule has 0 spiro atoms. The van der Waals surface area contributed by atoms with Crippen LogP contribution in [0.25, 0.3) is 0 Å². The average molecular weight is 314 g/mol. The van der Waals surface area contributed by atoms with E-state index in [-0.39, 0.29) is 11.9 Å². The molecule has 0 bridgehead atoms. The van der Waals surface area contributed by atoms with Crippen LogP contribution in [-0.2, 0) is 12.8 Å². The van der Waals surface area contributed by atoms with E-state index < -0.39 is 0 Å². The summed E-state index contributed by atoms with van der Waals surface area (Å²) in [5.41, 5.74) is 2.47. The maximum atomic E-state index is 12.5. The Morgan fingerprint density at radius 1 is 1.45 bits per heavy atom. The van der Waals surface area contributed by atoms with Crippen LogP contribution in [0.3, 0.4) is 0 Å². The maximum absolute atomic E-state index is 12.5. The van der Waals surface area contributed by atoms with Crippen molar-refractivity contribution in [3.8, 4) is 0 Å². The van der Waals surface area contributed by atoms with Crippen molar-refractivity contribution in [3.05, 3.63) is 51.5 Å². The van der Waals surface area contributed by atoms with E-state index in [1.165, 1.54) is 23.3 Å². The van der Waals surface area contributed by atoms with Crippen LogP contribution in [0, 0.1) is 5.92 Å². The van der Waals surface area contributed by atoms with Crippen molar-refractivity contribution in [2.75, 3.05) is 0 Å². The Morgan fingerprint density at radius 2 is 2.23 bits per heavy atom. The number of nitrogens with one attached hydrogen (secondary N) is 1. The van der Waals surface area contributed by atoms with E-state index in [9.17, 15) is 4.79 Å². The van der Waals surface area contributed by atoms with Gasteiger partial charge in [-0.2, -0.15) is 0 Å². The number of carbonyl (C=O) groups is 1. The normalized spacial score (nSPS) is 18.5. The van der Waals surface area contributed by atoms with Crippen LogP contribution in [0.4, 0.5) is 0 Å². The molecular formula is C18H22N2OS. The Morgan fingerprint density at radius 3 is 2.95 bits per heavy atom. The van der Waals surface area contributed by atoms with Crippen molar-refractivity contribution in [1.82, 2.24) is 10.3 Å². The summed E-state index contributed by atoms with van der Waals surface area (Å²) in [4.78, 5) is 18.8. The highest BCUT2D eigenvalue weighted by Gasteiger charge is 2.22. The van der Waals surface area contributed by atoms with Crippen LogP contribution in [0.15, 0.2) is 30.6 Å². The van der Waals surface area contributed by atoms with E-state index >= 15 is 0 Å². The topological polar surface area (TPSA) is 42.0 Å². The van der Waals surface area contributed by atoms with Gasteiger partial charge in [-0.15, -0.1) is 11.3 Å². The summed E-state index contributed by atoms with van der Waals surface area (Å²) in [5, 5.41) is 3.09. The quantitative estimate of drug-likeness (QED) is 0.921. The number of hydrogen-bond acceptors (Lipinski definition) is 3. The molecule has 0 radical (unpaired) electrons. The van der Waals surface area contributed by atoms with Gasteiger partial charge in [-0.25, -0.2) is 0 Å². The average Bonchev–Trinajstić information content (AvgIpc) is 2.98. The van der Waals surface area contributed by atoms with Gasteiger partial charge in [-0.05, 0) is 61.4 Å². The van der Waals surface area contributed by atoms with Crippen molar-refractivity contribution >= 4 is 17.2 Å². The fourth-order valence-electron chi connectivity index (χ4n) is 3.06. The molecule has 0 aliphatic heterocycles. The lowest BCUT2D eigenvalue weighted by Gasteiger charge is -2.19. The van der Waals surface area contributed by atoms with Crippen LogP contribution < -0.4 is 5.32 Å². The van der Waals surface area contributed by atoms with Gasteiger partial charge in [-0.3, -0.25) is 9.78 Å². The molecule has 0 saturated carbocycles. The van der Waals surface area contributed by atoms with E-state index in [1.54, 1.807) is 23.7 Å². The van der Waals surface area contributed by atoms with Crippen LogP contribution in [-0.4, -0.2) is 10.9 Å². The number of nitrogens with zero attached hydrogens (tertiary/aromatic N) is 1. The van der Waals surface area contributed by atoms with Crippen LogP contribution in [0.1, 0.15) is 58.4 Å². The van der Waals surface area contributed by atoms with Crippen LogP contribution in [0.5, 0.6) is 0 Å². The lowest BCUT2D eigenvalue weighted by atomic mass is 9.87. The zero-order chi connectivity index (χ0) is 15.5. The second-order valence-corrected chi connectivity index (χ2v) is 7.19. The zero-order valence-corrected chi connectivity index (χ0v) is 14.0. The molecule has 3 nitrogen and oxygen atoms in total. The second-order valence-electron chi connectivity index (χ2n) is 6.05. The highest BCUT2D eigenvalue weighted by atomic mass is 32.1. The van der Waals surface area contributed by atoms with E-state index in [0.717, 1.165) is 29.2 Å². The highest BCUT2D eigenvalue weighted by Crippen LogP contribution is 2.33. The first kappa shape index (κ1) is 15.2. The van der Waals surface area contributed by atoms with Crippen molar-refractivity contribution in [2.45, 2.75) is 45.6 Å². The van der Waals surface area contributed by atoms with Gasteiger partial charge in [0.2, 0.25) is 0 Å². The molecule has 1 aliphatic carbocycles. The lowest BCUT2D eigenvalue weighted by Crippen LogP contribution is -2.25. The zero-order valence-electron chi connectivity index (χ0n) is 13.1. The monoisotopic (exact) mass is 314 g/mol. The Balaban J connectivity index is 1.70. The summed E-state index contributed by atoms with van der Waals surface area (Å²) in [5.74, 6) is 0.825. The van der Waals surface area contributed by atoms with Gasteiger partial charge in [-0.1, -0.05) is 13.3 Å². The van der Waals surface area contributed by atoms with Gasteiger partial charge in [0.1, 0.15) is 0 Å². The summed E-state index contributed by atoms with van der Waals surface area (Å²) in [6.07, 6.45) is 8.27. The van der Waals surface area contributed by atoms with Crippen molar-refractivity contribution in [3.63, 3.8) is 0 Å². The molecule has 0 aromatic carbocycles. The first-order valence-corrected chi connectivity index (χ1v) is 8.81. The summed E-state index contributed by atoms with van der Waals surface area (Å²) >= 11 is 1.67. The van der Waals surface area contributed by atoms with Crippen molar-refractivity contribution in [1.29, 1.82) is 0 Å². The smallest absolute Gasteiger partial charge is 0.261 e. The van der Waals surface area contributed by atoms with E-state index in [4.69, 9.17) is 0 Å². The standard InChI is InChI=1S/C18H22N2OS/c1-3-13-4-5-16-15(10-13)11-17(22-16)18(21)20-12(2)14-6-8-19-9-7-14/h6-9,11-13H,3-5,10H2,1-2H3,(H,20,21)/t12-,13+/m0/s1. The number of amides is 1. The number of thiophene rings is 1. The number of aryl methyl sites for hydroxylation is 1. The van der Waals surface area contributed by atoms with Crippen molar-refractivity contribution < 1.29 is 4.79 Å². The number of aromatic nitrogens is 1. The molecule has 4 heteroatoms. The molecule has 3 rings (SSSR count). The largest absolute Gasteiger partial charge is 0.345 e. The number of hydrogen-bond donors (Lipinski definition) is 1. The summed E-state index contributed by atoms with van der Waals surface area (Å²) in [6.45, 7) is 4.26. The van der Waals surface area contributed by atoms with Crippen LogP contribution >= 0.6 is 11.3 Å².